The molecule has 0 unspecified atom stereocenters. The standard InChI is InChI=1S/C8H7ClN2O/c1-3-6-4-10-8(9)11-7(6)5(2)12/h3-4,12H,1-2H2. The lowest BCUT2D eigenvalue weighted by molar-refractivity contribution is 0.510. The quantitative estimate of drug-likeness (QED) is 0.564. The molecule has 0 aromatic carbocycles. The van der Waals surface area contributed by atoms with E-state index in [1.807, 2.05) is 0 Å². The summed E-state index contributed by atoms with van der Waals surface area (Å²) in [6, 6.07) is 0. The Balaban J connectivity index is 3.30. The highest BCUT2D eigenvalue weighted by Crippen LogP contribution is 2.15. The second-order valence-electron chi connectivity index (χ2n) is 2.09. The van der Waals surface area contributed by atoms with Gasteiger partial charge in [-0.1, -0.05) is 19.2 Å². The first-order valence-corrected chi connectivity index (χ1v) is 3.56. The van der Waals surface area contributed by atoms with Gasteiger partial charge in [0.15, 0.2) is 0 Å². The molecule has 0 fully saturated rings. The number of halogens is 1. The number of aliphatic hydroxyl groups is 1. The number of rotatable bonds is 2. The van der Waals surface area contributed by atoms with Gasteiger partial charge in [0.2, 0.25) is 5.28 Å². The van der Waals surface area contributed by atoms with Crippen LogP contribution in [0.15, 0.2) is 19.4 Å². The molecule has 1 N–H and O–H groups in total. The summed E-state index contributed by atoms with van der Waals surface area (Å²) in [5.74, 6) is -0.144. The number of hydrogen-bond acceptors (Lipinski definition) is 3. The molecule has 1 heterocycles. The molecule has 12 heavy (non-hydrogen) atoms. The molecule has 0 bridgehead atoms. The van der Waals surface area contributed by atoms with Crippen LogP contribution in [0.25, 0.3) is 11.8 Å². The van der Waals surface area contributed by atoms with E-state index in [1.165, 1.54) is 12.3 Å². The SMILES string of the molecule is C=Cc1cnc(Cl)nc1C(=C)O. The molecule has 1 aromatic rings. The van der Waals surface area contributed by atoms with E-state index in [1.54, 1.807) is 0 Å². The van der Waals surface area contributed by atoms with E-state index in [2.05, 4.69) is 23.1 Å². The van der Waals surface area contributed by atoms with E-state index in [9.17, 15) is 0 Å². The lowest BCUT2D eigenvalue weighted by Gasteiger charge is -2.01. The van der Waals surface area contributed by atoms with Crippen molar-refractivity contribution in [2.45, 2.75) is 0 Å². The van der Waals surface area contributed by atoms with Crippen LogP contribution in [0.2, 0.25) is 5.28 Å². The fourth-order valence-electron chi connectivity index (χ4n) is 0.750. The highest BCUT2D eigenvalue weighted by Gasteiger charge is 2.05. The van der Waals surface area contributed by atoms with Gasteiger partial charge >= 0.3 is 0 Å². The normalized spacial score (nSPS) is 9.42. The first kappa shape index (κ1) is 8.74. The molecule has 0 aliphatic carbocycles. The van der Waals surface area contributed by atoms with Crippen molar-refractivity contribution in [3.63, 3.8) is 0 Å². The van der Waals surface area contributed by atoms with Crippen LogP contribution in [0.4, 0.5) is 0 Å². The van der Waals surface area contributed by atoms with Gasteiger partial charge in [0, 0.05) is 11.8 Å². The van der Waals surface area contributed by atoms with Crippen LogP contribution in [-0.4, -0.2) is 15.1 Å². The molecule has 0 spiro atoms. The second kappa shape index (κ2) is 3.36. The zero-order chi connectivity index (χ0) is 9.14. The average Bonchev–Trinajstić information content (AvgIpc) is 2.04. The van der Waals surface area contributed by atoms with Crippen LogP contribution in [0, 0.1) is 0 Å². The van der Waals surface area contributed by atoms with E-state index in [0.717, 1.165) is 0 Å². The highest BCUT2D eigenvalue weighted by atomic mass is 35.5. The van der Waals surface area contributed by atoms with Crippen LogP contribution in [0.3, 0.4) is 0 Å². The first-order chi connectivity index (χ1) is 5.65. The molecular weight excluding hydrogens is 176 g/mol. The smallest absolute Gasteiger partial charge is 0.223 e. The fourth-order valence-corrected chi connectivity index (χ4v) is 0.883. The van der Waals surface area contributed by atoms with Crippen molar-refractivity contribution in [3.8, 4) is 0 Å². The molecule has 62 valence electrons. The predicted molar refractivity (Wildman–Crippen MR) is 48.8 cm³/mol. The third kappa shape index (κ3) is 1.62. The Bertz CT molecular complexity index is 336. The van der Waals surface area contributed by atoms with Crippen LogP contribution in [0.1, 0.15) is 11.3 Å². The third-order valence-corrected chi connectivity index (χ3v) is 1.46. The van der Waals surface area contributed by atoms with Crippen molar-refractivity contribution in [1.82, 2.24) is 9.97 Å². The molecule has 1 rings (SSSR count). The zero-order valence-corrected chi connectivity index (χ0v) is 7.04. The number of nitrogens with zero attached hydrogens (tertiary/aromatic N) is 2. The summed E-state index contributed by atoms with van der Waals surface area (Å²) in [5, 5.41) is 9.14. The molecular formula is C8H7ClN2O. The van der Waals surface area contributed by atoms with Gasteiger partial charge < -0.3 is 5.11 Å². The molecule has 4 heteroatoms. The Morgan fingerprint density at radius 3 is 2.83 bits per heavy atom. The van der Waals surface area contributed by atoms with Gasteiger partial charge in [-0.05, 0) is 11.6 Å². The zero-order valence-electron chi connectivity index (χ0n) is 6.29. The summed E-state index contributed by atoms with van der Waals surface area (Å²) >= 11 is 5.51. The number of aromatic nitrogens is 2. The van der Waals surface area contributed by atoms with E-state index in [0.29, 0.717) is 11.3 Å². The van der Waals surface area contributed by atoms with Crippen LogP contribution >= 0.6 is 11.6 Å². The summed E-state index contributed by atoms with van der Waals surface area (Å²) in [4.78, 5) is 7.50. The number of hydrogen-bond donors (Lipinski definition) is 1. The average molecular weight is 183 g/mol. The maximum absolute atomic E-state index is 9.07. The summed E-state index contributed by atoms with van der Waals surface area (Å²) in [5.41, 5.74) is 0.914. The van der Waals surface area contributed by atoms with Gasteiger partial charge in [0.05, 0.1) is 0 Å². The van der Waals surface area contributed by atoms with Crippen molar-refractivity contribution in [2.24, 2.45) is 0 Å². The monoisotopic (exact) mass is 182 g/mol. The minimum absolute atomic E-state index is 0.0748. The largest absolute Gasteiger partial charge is 0.506 e. The van der Waals surface area contributed by atoms with E-state index in [4.69, 9.17) is 16.7 Å². The Kier molecular flexibility index (Phi) is 2.45. The molecule has 0 aliphatic heterocycles. The van der Waals surface area contributed by atoms with E-state index >= 15 is 0 Å². The molecule has 0 saturated heterocycles. The molecule has 0 radical (unpaired) electrons. The Labute approximate surface area is 75.0 Å². The summed E-state index contributed by atoms with van der Waals surface area (Å²) in [6.45, 7) is 6.86. The fraction of sp³-hybridized carbons (Fsp3) is 0. The van der Waals surface area contributed by atoms with Crippen LogP contribution < -0.4 is 0 Å². The van der Waals surface area contributed by atoms with Crippen molar-refractivity contribution < 1.29 is 5.11 Å². The molecule has 0 atom stereocenters. The van der Waals surface area contributed by atoms with Crippen molar-refractivity contribution >= 4 is 23.4 Å². The minimum Gasteiger partial charge on any atom is -0.506 e. The lowest BCUT2D eigenvalue weighted by atomic mass is 10.2. The summed E-state index contributed by atoms with van der Waals surface area (Å²) < 4.78 is 0. The topological polar surface area (TPSA) is 46.0 Å². The molecule has 0 aliphatic rings. The first-order valence-electron chi connectivity index (χ1n) is 3.18. The van der Waals surface area contributed by atoms with Crippen LogP contribution in [0.5, 0.6) is 0 Å². The second-order valence-corrected chi connectivity index (χ2v) is 2.43. The van der Waals surface area contributed by atoms with Gasteiger partial charge in [-0.25, -0.2) is 9.97 Å². The molecule has 0 amide bonds. The molecule has 3 nitrogen and oxygen atoms in total. The summed E-state index contributed by atoms with van der Waals surface area (Å²) in [7, 11) is 0. The van der Waals surface area contributed by atoms with Crippen LogP contribution in [-0.2, 0) is 0 Å². The third-order valence-electron chi connectivity index (χ3n) is 1.28. The van der Waals surface area contributed by atoms with Gasteiger partial charge in [0.1, 0.15) is 11.5 Å². The van der Waals surface area contributed by atoms with Gasteiger partial charge in [0.25, 0.3) is 0 Å². The van der Waals surface area contributed by atoms with Crippen molar-refractivity contribution in [1.29, 1.82) is 0 Å². The van der Waals surface area contributed by atoms with E-state index in [-0.39, 0.29) is 11.0 Å². The van der Waals surface area contributed by atoms with Crippen molar-refractivity contribution in [2.75, 3.05) is 0 Å². The molecule has 0 saturated carbocycles. The van der Waals surface area contributed by atoms with E-state index < -0.39 is 0 Å². The minimum atomic E-state index is -0.144. The Hall–Kier alpha value is -1.35. The highest BCUT2D eigenvalue weighted by molar-refractivity contribution is 6.28. The number of aliphatic hydroxyl groups excluding tert-OH is 1. The lowest BCUT2D eigenvalue weighted by Crippen LogP contribution is -1.94. The maximum Gasteiger partial charge on any atom is 0.223 e. The Morgan fingerprint density at radius 1 is 1.67 bits per heavy atom. The molecule has 1 aromatic heterocycles. The Morgan fingerprint density at radius 2 is 2.33 bits per heavy atom. The van der Waals surface area contributed by atoms with Gasteiger partial charge in [-0.15, -0.1) is 0 Å². The van der Waals surface area contributed by atoms with Gasteiger partial charge in [-0.3, -0.25) is 0 Å². The maximum atomic E-state index is 9.07. The van der Waals surface area contributed by atoms with Gasteiger partial charge in [-0.2, -0.15) is 0 Å². The summed E-state index contributed by atoms with van der Waals surface area (Å²) in [6.07, 6.45) is 2.99. The van der Waals surface area contributed by atoms with Crippen molar-refractivity contribution in [3.05, 3.63) is 35.9 Å². The predicted octanol–water partition coefficient (Wildman–Crippen LogP) is 2.30.